The van der Waals surface area contributed by atoms with E-state index >= 15 is 0 Å². The zero-order valence-corrected chi connectivity index (χ0v) is 13.5. The fourth-order valence-electron chi connectivity index (χ4n) is 2.39. The molecular weight excluding hydrogens is 319 g/mol. The van der Waals surface area contributed by atoms with E-state index < -0.39 is 10.0 Å². The minimum atomic E-state index is -3.66. The number of halogens is 2. The lowest BCUT2D eigenvalue weighted by Gasteiger charge is -2.28. The smallest absolute Gasteiger partial charge is 0.242 e. The van der Waals surface area contributed by atoms with Crippen LogP contribution in [-0.2, 0) is 10.0 Å². The van der Waals surface area contributed by atoms with Crippen LogP contribution < -0.4 is 10.0 Å². The second-order valence-electron chi connectivity index (χ2n) is 5.09. The van der Waals surface area contributed by atoms with Gasteiger partial charge in [0.05, 0.1) is 5.02 Å². The summed E-state index contributed by atoms with van der Waals surface area (Å²) >= 11 is 11.8. The van der Waals surface area contributed by atoms with Gasteiger partial charge in [-0.05, 0) is 57.0 Å². The molecule has 20 heavy (non-hydrogen) atoms. The van der Waals surface area contributed by atoms with Crippen LogP contribution in [0.3, 0.4) is 0 Å². The third-order valence-corrected chi connectivity index (χ3v) is 5.84. The maximum absolute atomic E-state index is 12.4. The van der Waals surface area contributed by atoms with Crippen molar-refractivity contribution in [1.82, 2.24) is 10.0 Å². The molecule has 1 aromatic carbocycles. The molecule has 1 heterocycles. The maximum atomic E-state index is 12.4. The van der Waals surface area contributed by atoms with Crippen molar-refractivity contribution in [2.24, 2.45) is 5.92 Å². The van der Waals surface area contributed by atoms with E-state index in [1.165, 1.54) is 12.1 Å². The summed E-state index contributed by atoms with van der Waals surface area (Å²) in [6.07, 6.45) is 2.08. The van der Waals surface area contributed by atoms with Gasteiger partial charge in [-0.3, -0.25) is 0 Å². The molecule has 0 amide bonds. The summed E-state index contributed by atoms with van der Waals surface area (Å²) in [4.78, 5) is 0.0299. The number of hydrogen-bond donors (Lipinski definition) is 2. The van der Waals surface area contributed by atoms with Crippen LogP contribution in [0.4, 0.5) is 0 Å². The number of piperidine rings is 1. The molecule has 1 saturated heterocycles. The third-order valence-electron chi connectivity index (χ3n) is 3.57. The van der Waals surface area contributed by atoms with Crippen molar-refractivity contribution in [3.05, 3.63) is 28.2 Å². The van der Waals surface area contributed by atoms with Crippen molar-refractivity contribution in [3.8, 4) is 0 Å². The van der Waals surface area contributed by atoms with E-state index in [9.17, 15) is 8.42 Å². The summed E-state index contributed by atoms with van der Waals surface area (Å²) in [5.74, 6) is 0.288. The van der Waals surface area contributed by atoms with Crippen molar-refractivity contribution in [2.75, 3.05) is 13.1 Å². The number of hydrogen-bond acceptors (Lipinski definition) is 3. The van der Waals surface area contributed by atoms with Crippen LogP contribution in [0.5, 0.6) is 0 Å². The summed E-state index contributed by atoms with van der Waals surface area (Å²) in [5, 5.41) is 3.81. The molecule has 0 saturated carbocycles. The summed E-state index contributed by atoms with van der Waals surface area (Å²) in [6, 6.07) is 4.28. The highest BCUT2D eigenvalue weighted by Crippen LogP contribution is 2.26. The molecule has 1 aliphatic heterocycles. The minimum absolute atomic E-state index is 0.0299. The maximum Gasteiger partial charge on any atom is 0.242 e. The van der Waals surface area contributed by atoms with Crippen LogP contribution in [0.25, 0.3) is 0 Å². The Morgan fingerprint density at radius 3 is 2.80 bits per heavy atom. The van der Waals surface area contributed by atoms with Crippen LogP contribution >= 0.6 is 23.2 Å². The quantitative estimate of drug-likeness (QED) is 0.888. The predicted octanol–water partition coefficient (Wildman–Crippen LogP) is 2.66. The van der Waals surface area contributed by atoms with Gasteiger partial charge < -0.3 is 5.32 Å². The Bertz CT molecular complexity index is 572. The second kappa shape index (κ2) is 6.62. The number of nitrogens with one attached hydrogen (secondary N) is 2. The van der Waals surface area contributed by atoms with Crippen molar-refractivity contribution in [3.63, 3.8) is 0 Å². The molecule has 2 unspecified atom stereocenters. The summed E-state index contributed by atoms with van der Waals surface area (Å²) < 4.78 is 27.5. The largest absolute Gasteiger partial charge is 0.316 e. The van der Waals surface area contributed by atoms with Crippen LogP contribution in [0.2, 0.25) is 10.0 Å². The third kappa shape index (κ3) is 3.86. The standard InChI is InChI=1S/C13H18Cl2N2O2S/c1-9(10-3-2-6-16-8-10)17-20(18,19)13-7-11(14)4-5-12(13)15/h4-5,7,9-10,16-17H,2-3,6,8H2,1H3. The molecule has 0 bridgehead atoms. The normalized spacial score (nSPS) is 21.6. The molecule has 1 aliphatic rings. The van der Waals surface area contributed by atoms with E-state index in [1.54, 1.807) is 6.07 Å². The number of rotatable bonds is 4. The molecule has 2 N–H and O–H groups in total. The van der Waals surface area contributed by atoms with E-state index in [1.807, 2.05) is 6.92 Å². The molecule has 0 aromatic heterocycles. The average Bonchev–Trinajstić information content (AvgIpc) is 2.42. The molecule has 2 rings (SSSR count). The lowest BCUT2D eigenvalue weighted by atomic mass is 9.94. The molecule has 1 fully saturated rings. The van der Waals surface area contributed by atoms with Gasteiger partial charge in [-0.15, -0.1) is 0 Å². The van der Waals surface area contributed by atoms with Gasteiger partial charge in [-0.1, -0.05) is 23.2 Å². The van der Waals surface area contributed by atoms with Crippen molar-refractivity contribution < 1.29 is 8.42 Å². The Balaban J connectivity index is 2.16. The van der Waals surface area contributed by atoms with E-state index in [0.29, 0.717) is 5.02 Å². The van der Waals surface area contributed by atoms with Gasteiger partial charge in [0.1, 0.15) is 4.90 Å². The predicted molar refractivity (Wildman–Crippen MR) is 81.8 cm³/mol. The number of sulfonamides is 1. The Kier molecular flexibility index (Phi) is 5.31. The van der Waals surface area contributed by atoms with Crippen molar-refractivity contribution in [1.29, 1.82) is 0 Å². The fraction of sp³-hybridized carbons (Fsp3) is 0.538. The topological polar surface area (TPSA) is 58.2 Å². The zero-order chi connectivity index (χ0) is 14.8. The molecule has 1 aromatic rings. The highest BCUT2D eigenvalue weighted by atomic mass is 35.5. The Morgan fingerprint density at radius 1 is 1.40 bits per heavy atom. The highest BCUT2D eigenvalue weighted by molar-refractivity contribution is 7.89. The SMILES string of the molecule is CC(NS(=O)(=O)c1cc(Cl)ccc1Cl)C1CCCNC1. The zero-order valence-electron chi connectivity index (χ0n) is 11.2. The molecule has 0 spiro atoms. The first kappa shape index (κ1) is 16.0. The minimum Gasteiger partial charge on any atom is -0.316 e. The first-order chi connectivity index (χ1) is 9.40. The van der Waals surface area contributed by atoms with Crippen molar-refractivity contribution in [2.45, 2.75) is 30.7 Å². The number of benzene rings is 1. The van der Waals surface area contributed by atoms with Crippen LogP contribution in [-0.4, -0.2) is 27.5 Å². The van der Waals surface area contributed by atoms with E-state index in [2.05, 4.69) is 10.0 Å². The summed E-state index contributed by atoms with van der Waals surface area (Å²) in [5.41, 5.74) is 0. The lowest BCUT2D eigenvalue weighted by molar-refractivity contribution is 0.320. The van der Waals surface area contributed by atoms with Gasteiger partial charge >= 0.3 is 0 Å². The molecule has 7 heteroatoms. The second-order valence-corrected chi connectivity index (χ2v) is 7.62. The molecule has 4 nitrogen and oxygen atoms in total. The molecule has 0 aliphatic carbocycles. The Morgan fingerprint density at radius 2 is 2.15 bits per heavy atom. The first-order valence-electron chi connectivity index (χ1n) is 6.58. The van der Waals surface area contributed by atoms with Crippen LogP contribution in [0, 0.1) is 5.92 Å². The monoisotopic (exact) mass is 336 g/mol. The van der Waals surface area contributed by atoms with Crippen LogP contribution in [0.1, 0.15) is 19.8 Å². The first-order valence-corrected chi connectivity index (χ1v) is 8.82. The average molecular weight is 337 g/mol. The lowest BCUT2D eigenvalue weighted by Crippen LogP contribution is -2.44. The van der Waals surface area contributed by atoms with Gasteiger partial charge in [-0.25, -0.2) is 13.1 Å². The van der Waals surface area contributed by atoms with E-state index in [-0.39, 0.29) is 21.9 Å². The fourth-order valence-corrected chi connectivity index (χ4v) is 4.47. The van der Waals surface area contributed by atoms with E-state index in [0.717, 1.165) is 25.9 Å². The summed E-state index contributed by atoms with van der Waals surface area (Å²) in [7, 11) is -3.66. The van der Waals surface area contributed by atoms with Gasteiger partial charge in [0.15, 0.2) is 0 Å². The Hall–Kier alpha value is -0.330. The van der Waals surface area contributed by atoms with E-state index in [4.69, 9.17) is 23.2 Å². The molecular formula is C13H18Cl2N2O2S. The molecule has 2 atom stereocenters. The highest BCUT2D eigenvalue weighted by Gasteiger charge is 2.26. The summed E-state index contributed by atoms with van der Waals surface area (Å²) in [6.45, 7) is 3.71. The molecule has 0 radical (unpaired) electrons. The van der Waals surface area contributed by atoms with Crippen LogP contribution in [0.15, 0.2) is 23.1 Å². The van der Waals surface area contributed by atoms with Gasteiger partial charge in [0, 0.05) is 11.1 Å². The van der Waals surface area contributed by atoms with Gasteiger partial charge in [-0.2, -0.15) is 0 Å². The van der Waals surface area contributed by atoms with Gasteiger partial charge in [0.2, 0.25) is 10.0 Å². The Labute approximate surface area is 129 Å². The van der Waals surface area contributed by atoms with Crippen molar-refractivity contribution >= 4 is 33.2 Å². The van der Waals surface area contributed by atoms with Gasteiger partial charge in [0.25, 0.3) is 0 Å². The molecule has 112 valence electrons.